The van der Waals surface area contributed by atoms with E-state index in [0.717, 1.165) is 54.8 Å². The number of likely N-dealkylation sites (tertiary alicyclic amines) is 1. The van der Waals surface area contributed by atoms with Crippen molar-refractivity contribution in [1.82, 2.24) is 19.7 Å². The van der Waals surface area contributed by atoms with Crippen LogP contribution >= 0.6 is 11.3 Å². The maximum absolute atomic E-state index is 13.7. The zero-order valence-corrected chi connectivity index (χ0v) is 20.1. The normalized spacial score (nSPS) is 25.3. The van der Waals surface area contributed by atoms with E-state index >= 15 is 0 Å². The average Bonchev–Trinajstić information content (AvgIpc) is 3.40. The Kier molecular flexibility index (Phi) is 6.30. The first-order chi connectivity index (χ1) is 15.6. The third-order valence-electron chi connectivity index (χ3n) is 7.78. The second-order valence-electron chi connectivity index (χ2n) is 10.1. The first-order valence-corrected chi connectivity index (χ1v) is 13.4. The van der Waals surface area contributed by atoms with E-state index in [2.05, 4.69) is 26.2 Å². The molecule has 32 heavy (non-hydrogen) atoms. The molecule has 3 aliphatic rings. The standard InChI is InChI=1S/C25H36N4O2S/c1-25(24(31)26-19-9-4-2-5-10-19)18-28-20-11-16-32-22(20)17-21(28)23(30)29(25)15-8-14-27-12-6-3-7-13-27/h11,16-17,19H,2-10,12-15,18H2,1H3,(H,26,31)/t25-/m0/s1. The zero-order valence-electron chi connectivity index (χ0n) is 19.3. The van der Waals surface area contributed by atoms with Crippen LogP contribution in [-0.2, 0) is 11.3 Å². The Bertz CT molecular complexity index is 970. The number of carbonyl (C=O) groups is 2. The van der Waals surface area contributed by atoms with E-state index in [1.54, 1.807) is 11.3 Å². The largest absolute Gasteiger partial charge is 0.351 e. The van der Waals surface area contributed by atoms with Gasteiger partial charge < -0.3 is 19.7 Å². The Hall–Kier alpha value is -1.86. The number of thiophene rings is 1. The molecule has 1 N–H and O–H groups in total. The summed E-state index contributed by atoms with van der Waals surface area (Å²) >= 11 is 1.66. The van der Waals surface area contributed by atoms with Gasteiger partial charge >= 0.3 is 0 Å². The molecule has 0 aromatic carbocycles. The van der Waals surface area contributed by atoms with Crippen molar-refractivity contribution in [1.29, 1.82) is 0 Å². The van der Waals surface area contributed by atoms with Gasteiger partial charge in [0.1, 0.15) is 11.2 Å². The molecule has 0 bridgehead atoms. The molecule has 0 unspecified atom stereocenters. The van der Waals surface area contributed by atoms with Gasteiger partial charge in [0, 0.05) is 12.6 Å². The van der Waals surface area contributed by atoms with Crippen molar-refractivity contribution in [3.05, 3.63) is 23.2 Å². The summed E-state index contributed by atoms with van der Waals surface area (Å²) in [4.78, 5) is 31.8. The molecule has 0 radical (unpaired) electrons. The van der Waals surface area contributed by atoms with Gasteiger partial charge in [0.2, 0.25) is 5.91 Å². The van der Waals surface area contributed by atoms with E-state index in [-0.39, 0.29) is 17.9 Å². The molecule has 1 saturated carbocycles. The van der Waals surface area contributed by atoms with Gasteiger partial charge in [0.15, 0.2) is 0 Å². The Labute approximate surface area is 194 Å². The highest BCUT2D eigenvalue weighted by molar-refractivity contribution is 7.17. The molecule has 2 amide bonds. The molecule has 0 spiro atoms. The average molecular weight is 457 g/mol. The highest BCUT2D eigenvalue weighted by atomic mass is 32.1. The van der Waals surface area contributed by atoms with Gasteiger partial charge in [-0.25, -0.2) is 0 Å². The van der Waals surface area contributed by atoms with E-state index in [9.17, 15) is 9.59 Å². The molecule has 6 nitrogen and oxygen atoms in total. The number of nitrogens with zero attached hydrogens (tertiary/aromatic N) is 3. The highest BCUT2D eigenvalue weighted by Crippen LogP contribution is 2.35. The van der Waals surface area contributed by atoms with Crippen LogP contribution in [0, 0.1) is 0 Å². The molecule has 2 aliphatic heterocycles. The van der Waals surface area contributed by atoms with Crippen molar-refractivity contribution < 1.29 is 9.59 Å². The van der Waals surface area contributed by atoms with Gasteiger partial charge in [-0.3, -0.25) is 9.59 Å². The van der Waals surface area contributed by atoms with Crippen molar-refractivity contribution in [3.8, 4) is 0 Å². The lowest BCUT2D eigenvalue weighted by atomic mass is 9.91. The Balaban J connectivity index is 1.38. The fourth-order valence-corrected chi connectivity index (χ4v) is 6.67. The van der Waals surface area contributed by atoms with Crippen LogP contribution in [0.3, 0.4) is 0 Å². The number of piperidine rings is 1. The monoisotopic (exact) mass is 456 g/mol. The Morgan fingerprint density at radius 3 is 2.66 bits per heavy atom. The number of hydrogen-bond acceptors (Lipinski definition) is 4. The van der Waals surface area contributed by atoms with Crippen LogP contribution in [0.1, 0.15) is 75.2 Å². The number of fused-ring (bicyclic) bond motifs is 3. The minimum atomic E-state index is -0.864. The van der Waals surface area contributed by atoms with Crippen molar-refractivity contribution in [2.45, 2.75) is 82.8 Å². The lowest BCUT2D eigenvalue weighted by molar-refractivity contribution is -0.133. The van der Waals surface area contributed by atoms with Crippen LogP contribution in [0.25, 0.3) is 10.2 Å². The molecule has 4 heterocycles. The second kappa shape index (κ2) is 9.18. The van der Waals surface area contributed by atoms with Gasteiger partial charge in [-0.2, -0.15) is 0 Å². The summed E-state index contributed by atoms with van der Waals surface area (Å²) in [5.74, 6) is 0.0121. The van der Waals surface area contributed by atoms with Crippen LogP contribution in [0.15, 0.2) is 17.5 Å². The smallest absolute Gasteiger partial charge is 0.271 e. The summed E-state index contributed by atoms with van der Waals surface area (Å²) in [5, 5.41) is 5.39. The molecule has 7 heteroatoms. The van der Waals surface area contributed by atoms with Gasteiger partial charge in [-0.15, -0.1) is 11.3 Å². The predicted octanol–water partition coefficient (Wildman–Crippen LogP) is 4.24. The zero-order chi connectivity index (χ0) is 22.1. The SMILES string of the molecule is C[C@@]1(C(=O)NC2CCCCC2)Cn2c(cc3sccc32)C(=O)N1CCCN1CCCCC1. The minimum absolute atomic E-state index is 0.000381. The van der Waals surface area contributed by atoms with Crippen LogP contribution < -0.4 is 5.32 Å². The summed E-state index contributed by atoms with van der Waals surface area (Å²) in [6, 6.07) is 4.33. The second-order valence-corrected chi connectivity index (χ2v) is 11.0. The van der Waals surface area contributed by atoms with Crippen LogP contribution in [0.5, 0.6) is 0 Å². The number of nitrogens with one attached hydrogen (secondary N) is 1. The maximum atomic E-state index is 13.7. The summed E-state index contributed by atoms with van der Waals surface area (Å²) in [7, 11) is 0. The molecule has 1 atom stereocenters. The quantitative estimate of drug-likeness (QED) is 0.707. The van der Waals surface area contributed by atoms with Crippen LogP contribution in [0.2, 0.25) is 0 Å². The molecular weight excluding hydrogens is 420 g/mol. The molecule has 1 saturated heterocycles. The number of hydrogen-bond donors (Lipinski definition) is 1. The van der Waals surface area contributed by atoms with Crippen molar-refractivity contribution in [2.24, 2.45) is 0 Å². The molecule has 1 aliphatic carbocycles. The van der Waals surface area contributed by atoms with E-state index in [4.69, 9.17) is 0 Å². The van der Waals surface area contributed by atoms with Crippen molar-refractivity contribution in [2.75, 3.05) is 26.2 Å². The molecular formula is C25H36N4O2S. The van der Waals surface area contributed by atoms with Gasteiger partial charge in [-0.1, -0.05) is 25.7 Å². The van der Waals surface area contributed by atoms with E-state index < -0.39 is 5.54 Å². The van der Waals surface area contributed by atoms with Crippen molar-refractivity contribution in [3.63, 3.8) is 0 Å². The van der Waals surface area contributed by atoms with Crippen LogP contribution in [0.4, 0.5) is 0 Å². The molecule has 5 rings (SSSR count). The Morgan fingerprint density at radius 1 is 1.12 bits per heavy atom. The fourth-order valence-electron chi connectivity index (χ4n) is 5.85. The maximum Gasteiger partial charge on any atom is 0.271 e. The topological polar surface area (TPSA) is 57.6 Å². The third-order valence-corrected chi connectivity index (χ3v) is 8.64. The lowest BCUT2D eigenvalue weighted by Crippen LogP contribution is -2.65. The summed E-state index contributed by atoms with van der Waals surface area (Å²) in [5.41, 5.74) is 0.938. The van der Waals surface area contributed by atoms with Crippen molar-refractivity contribution >= 4 is 33.4 Å². The summed E-state index contributed by atoms with van der Waals surface area (Å²) in [6.45, 7) is 6.45. The van der Waals surface area contributed by atoms with Gasteiger partial charge in [0.05, 0.1) is 16.8 Å². The van der Waals surface area contributed by atoms with Gasteiger partial charge in [-0.05, 0) is 76.2 Å². The highest BCUT2D eigenvalue weighted by Gasteiger charge is 2.48. The number of rotatable bonds is 6. The molecule has 2 fully saturated rings. The minimum Gasteiger partial charge on any atom is -0.351 e. The van der Waals surface area contributed by atoms with E-state index in [1.807, 2.05) is 17.9 Å². The summed E-state index contributed by atoms with van der Waals surface area (Å²) in [6.07, 6.45) is 10.5. The van der Waals surface area contributed by atoms with E-state index in [0.29, 0.717) is 13.1 Å². The lowest BCUT2D eigenvalue weighted by Gasteiger charge is -2.45. The number of amides is 2. The van der Waals surface area contributed by atoms with E-state index in [1.165, 1.54) is 38.5 Å². The molecule has 2 aromatic rings. The number of carbonyl (C=O) groups excluding carboxylic acids is 2. The van der Waals surface area contributed by atoms with Crippen LogP contribution in [-0.4, -0.2) is 63.9 Å². The Morgan fingerprint density at radius 2 is 1.88 bits per heavy atom. The summed E-state index contributed by atoms with van der Waals surface area (Å²) < 4.78 is 3.20. The first kappa shape index (κ1) is 22.0. The molecule has 174 valence electrons. The van der Waals surface area contributed by atoms with Gasteiger partial charge in [0.25, 0.3) is 5.91 Å². The number of aromatic nitrogens is 1. The third kappa shape index (κ3) is 4.10. The predicted molar refractivity (Wildman–Crippen MR) is 129 cm³/mol. The first-order valence-electron chi connectivity index (χ1n) is 12.5. The molecule has 2 aromatic heterocycles. The fraction of sp³-hybridized carbons (Fsp3) is 0.680.